The number of methoxy groups -OCH3 is 1. The standard InChI is InChI=1S/C18H31NO/c1-5-13-19-18(16(6-2)7-3)17-10-8-15(9-11-17)12-14-20-4/h8-11,16,18-19H,5-7,12-14H2,1-4H3. The first-order chi connectivity index (χ1) is 9.76. The van der Waals surface area contributed by atoms with Gasteiger partial charge >= 0.3 is 0 Å². The van der Waals surface area contributed by atoms with Gasteiger partial charge in [-0.05, 0) is 36.4 Å². The lowest BCUT2D eigenvalue weighted by molar-refractivity contribution is 0.202. The molecule has 1 aromatic rings. The van der Waals surface area contributed by atoms with Gasteiger partial charge in [-0.1, -0.05) is 57.9 Å². The van der Waals surface area contributed by atoms with Crippen molar-refractivity contribution in [3.63, 3.8) is 0 Å². The summed E-state index contributed by atoms with van der Waals surface area (Å²) >= 11 is 0. The molecule has 0 aliphatic heterocycles. The Morgan fingerprint density at radius 1 is 1.05 bits per heavy atom. The molecule has 1 aromatic carbocycles. The van der Waals surface area contributed by atoms with E-state index in [4.69, 9.17) is 4.74 Å². The van der Waals surface area contributed by atoms with Crippen molar-refractivity contribution >= 4 is 0 Å². The molecule has 0 aliphatic rings. The molecule has 0 bridgehead atoms. The van der Waals surface area contributed by atoms with E-state index < -0.39 is 0 Å². The van der Waals surface area contributed by atoms with E-state index >= 15 is 0 Å². The topological polar surface area (TPSA) is 21.3 Å². The van der Waals surface area contributed by atoms with Gasteiger partial charge in [0.15, 0.2) is 0 Å². The smallest absolute Gasteiger partial charge is 0.0502 e. The van der Waals surface area contributed by atoms with E-state index in [1.54, 1.807) is 7.11 Å². The molecule has 0 fully saturated rings. The summed E-state index contributed by atoms with van der Waals surface area (Å²) in [6.07, 6.45) is 4.63. The molecule has 20 heavy (non-hydrogen) atoms. The van der Waals surface area contributed by atoms with Crippen LogP contribution in [0.4, 0.5) is 0 Å². The molecule has 0 aliphatic carbocycles. The molecule has 1 unspecified atom stereocenters. The normalized spacial score (nSPS) is 12.8. The van der Waals surface area contributed by atoms with E-state index in [9.17, 15) is 0 Å². The first kappa shape index (κ1) is 17.2. The molecule has 2 heteroatoms. The van der Waals surface area contributed by atoms with E-state index in [1.165, 1.54) is 30.4 Å². The van der Waals surface area contributed by atoms with Crippen LogP contribution < -0.4 is 5.32 Å². The maximum atomic E-state index is 5.14. The Labute approximate surface area is 124 Å². The third kappa shape index (κ3) is 5.26. The fraction of sp³-hybridized carbons (Fsp3) is 0.667. The van der Waals surface area contributed by atoms with Gasteiger partial charge in [-0.3, -0.25) is 0 Å². The highest BCUT2D eigenvalue weighted by Crippen LogP contribution is 2.27. The van der Waals surface area contributed by atoms with Crippen molar-refractivity contribution in [2.75, 3.05) is 20.3 Å². The molecule has 0 amide bonds. The Balaban J connectivity index is 2.78. The largest absolute Gasteiger partial charge is 0.384 e. The van der Waals surface area contributed by atoms with Crippen LogP contribution in [-0.2, 0) is 11.2 Å². The molecule has 0 heterocycles. The van der Waals surface area contributed by atoms with E-state index in [0.717, 1.165) is 19.6 Å². The van der Waals surface area contributed by atoms with Crippen LogP contribution in [0.1, 0.15) is 57.2 Å². The first-order valence-electron chi connectivity index (χ1n) is 8.07. The minimum Gasteiger partial charge on any atom is -0.384 e. The fourth-order valence-electron chi connectivity index (χ4n) is 2.73. The monoisotopic (exact) mass is 277 g/mol. The molecule has 114 valence electrons. The number of ether oxygens (including phenoxy) is 1. The average Bonchev–Trinajstić information content (AvgIpc) is 2.50. The lowest BCUT2D eigenvalue weighted by atomic mass is 9.88. The van der Waals surface area contributed by atoms with Crippen LogP contribution in [-0.4, -0.2) is 20.3 Å². The minimum absolute atomic E-state index is 0.487. The van der Waals surface area contributed by atoms with Gasteiger partial charge in [0.25, 0.3) is 0 Å². The highest BCUT2D eigenvalue weighted by atomic mass is 16.5. The molecule has 1 rings (SSSR count). The van der Waals surface area contributed by atoms with Crippen LogP contribution in [0.5, 0.6) is 0 Å². The van der Waals surface area contributed by atoms with E-state index in [1.807, 2.05) is 0 Å². The summed E-state index contributed by atoms with van der Waals surface area (Å²) in [6.45, 7) is 8.70. The van der Waals surface area contributed by atoms with Crippen molar-refractivity contribution in [3.8, 4) is 0 Å². The zero-order chi connectivity index (χ0) is 14.8. The molecule has 2 nitrogen and oxygen atoms in total. The summed E-state index contributed by atoms with van der Waals surface area (Å²) in [7, 11) is 1.76. The fourth-order valence-corrected chi connectivity index (χ4v) is 2.73. The van der Waals surface area contributed by atoms with Crippen LogP contribution in [0.15, 0.2) is 24.3 Å². The highest BCUT2D eigenvalue weighted by Gasteiger charge is 2.19. The zero-order valence-corrected chi connectivity index (χ0v) is 13.6. The van der Waals surface area contributed by atoms with Gasteiger partial charge in [0.2, 0.25) is 0 Å². The van der Waals surface area contributed by atoms with Gasteiger partial charge in [-0.2, -0.15) is 0 Å². The summed E-state index contributed by atoms with van der Waals surface area (Å²) < 4.78 is 5.14. The Bertz CT molecular complexity index is 343. The molecule has 1 atom stereocenters. The Hall–Kier alpha value is -0.860. The summed E-state index contributed by atoms with van der Waals surface area (Å²) in [6, 6.07) is 9.56. The van der Waals surface area contributed by atoms with Crippen molar-refractivity contribution in [1.29, 1.82) is 0 Å². The Morgan fingerprint density at radius 2 is 1.70 bits per heavy atom. The van der Waals surface area contributed by atoms with Crippen molar-refractivity contribution < 1.29 is 4.74 Å². The molecule has 0 saturated heterocycles. The second-order valence-corrected chi connectivity index (χ2v) is 5.49. The SMILES string of the molecule is CCCNC(c1ccc(CCOC)cc1)C(CC)CC. The predicted molar refractivity (Wildman–Crippen MR) is 87.1 cm³/mol. The zero-order valence-electron chi connectivity index (χ0n) is 13.6. The second-order valence-electron chi connectivity index (χ2n) is 5.49. The van der Waals surface area contributed by atoms with Crippen molar-refractivity contribution in [1.82, 2.24) is 5.32 Å². The molecular weight excluding hydrogens is 246 g/mol. The number of rotatable bonds is 10. The summed E-state index contributed by atoms with van der Waals surface area (Å²) in [5, 5.41) is 3.73. The lowest BCUT2D eigenvalue weighted by Gasteiger charge is -2.27. The van der Waals surface area contributed by atoms with Crippen LogP contribution >= 0.6 is 0 Å². The van der Waals surface area contributed by atoms with Crippen LogP contribution in [0.25, 0.3) is 0 Å². The molecular formula is C18H31NO. The number of hydrogen-bond acceptors (Lipinski definition) is 2. The molecule has 0 saturated carbocycles. The molecule has 0 spiro atoms. The summed E-state index contributed by atoms with van der Waals surface area (Å²) in [5.74, 6) is 0.714. The predicted octanol–water partition coefficient (Wildman–Crippen LogP) is 4.35. The molecule has 0 radical (unpaired) electrons. The minimum atomic E-state index is 0.487. The number of hydrogen-bond donors (Lipinski definition) is 1. The van der Waals surface area contributed by atoms with Gasteiger partial charge in [0.1, 0.15) is 0 Å². The third-order valence-corrected chi connectivity index (χ3v) is 4.07. The maximum Gasteiger partial charge on any atom is 0.0502 e. The van der Waals surface area contributed by atoms with Gasteiger partial charge in [-0.15, -0.1) is 0 Å². The number of nitrogens with one attached hydrogen (secondary N) is 1. The van der Waals surface area contributed by atoms with E-state index in [0.29, 0.717) is 12.0 Å². The summed E-state index contributed by atoms with van der Waals surface area (Å²) in [4.78, 5) is 0. The van der Waals surface area contributed by atoms with E-state index in [2.05, 4.69) is 50.4 Å². The summed E-state index contributed by atoms with van der Waals surface area (Å²) in [5.41, 5.74) is 2.78. The van der Waals surface area contributed by atoms with Crippen molar-refractivity contribution in [2.45, 2.75) is 52.5 Å². The van der Waals surface area contributed by atoms with Crippen LogP contribution in [0.2, 0.25) is 0 Å². The van der Waals surface area contributed by atoms with Gasteiger partial charge in [-0.25, -0.2) is 0 Å². The highest BCUT2D eigenvalue weighted by molar-refractivity contribution is 5.25. The number of benzene rings is 1. The van der Waals surface area contributed by atoms with E-state index in [-0.39, 0.29) is 0 Å². The van der Waals surface area contributed by atoms with Gasteiger partial charge in [0.05, 0.1) is 6.61 Å². The molecule has 0 aromatic heterocycles. The quantitative estimate of drug-likeness (QED) is 0.686. The van der Waals surface area contributed by atoms with Gasteiger partial charge < -0.3 is 10.1 Å². The second kappa shape index (κ2) is 9.95. The Kier molecular flexibility index (Phi) is 8.56. The van der Waals surface area contributed by atoms with Crippen LogP contribution in [0, 0.1) is 5.92 Å². The third-order valence-electron chi connectivity index (χ3n) is 4.07. The van der Waals surface area contributed by atoms with Gasteiger partial charge in [0, 0.05) is 13.2 Å². The first-order valence-corrected chi connectivity index (χ1v) is 8.07. The average molecular weight is 277 g/mol. The lowest BCUT2D eigenvalue weighted by Crippen LogP contribution is -2.28. The molecule has 1 N–H and O–H groups in total. The Morgan fingerprint density at radius 3 is 2.20 bits per heavy atom. The van der Waals surface area contributed by atoms with Crippen molar-refractivity contribution in [2.24, 2.45) is 5.92 Å². The van der Waals surface area contributed by atoms with Crippen LogP contribution in [0.3, 0.4) is 0 Å². The van der Waals surface area contributed by atoms with Crippen molar-refractivity contribution in [3.05, 3.63) is 35.4 Å². The maximum absolute atomic E-state index is 5.14.